The number of aliphatic carboxylic acids is 1. The van der Waals surface area contributed by atoms with Gasteiger partial charge in [0.1, 0.15) is 56.0 Å². The molecule has 1 saturated carbocycles. The number of aromatic nitrogens is 2. The van der Waals surface area contributed by atoms with Crippen LogP contribution in [0.3, 0.4) is 0 Å². The Bertz CT molecular complexity index is 2950. The van der Waals surface area contributed by atoms with Crippen LogP contribution < -0.4 is 29.6 Å². The molecule has 4 aromatic carbocycles. The molecule has 6 aromatic rings. The summed E-state index contributed by atoms with van der Waals surface area (Å²) in [6, 6.07) is 23.1. The van der Waals surface area contributed by atoms with Crippen LogP contribution in [0, 0.1) is 25.2 Å². The van der Waals surface area contributed by atoms with E-state index in [1.807, 2.05) is 36.4 Å². The fraction of sp³-hybridized carbons (Fsp3) is 0.309. The summed E-state index contributed by atoms with van der Waals surface area (Å²) in [7, 11) is 0. The quantitative estimate of drug-likeness (QED) is 0.0269. The first-order chi connectivity index (χ1) is 34.5. The van der Waals surface area contributed by atoms with E-state index in [9.17, 15) is 14.7 Å². The van der Waals surface area contributed by atoms with E-state index in [-0.39, 0.29) is 44.7 Å². The molecule has 16 heteroatoms. The number of halogens is 2. The minimum Gasteiger partial charge on any atom is -0.488 e. The first-order valence-electron chi connectivity index (χ1n) is 23.5. The lowest BCUT2D eigenvalue weighted by molar-refractivity contribution is -0.142. The van der Waals surface area contributed by atoms with Crippen LogP contribution in [0.1, 0.15) is 81.3 Å². The number of hydrogen-bond acceptors (Lipinski definition) is 13. The molecule has 1 fully saturated rings. The van der Waals surface area contributed by atoms with Gasteiger partial charge in [-0.1, -0.05) is 66.0 Å². The van der Waals surface area contributed by atoms with Gasteiger partial charge in [0.2, 0.25) is 0 Å². The first-order valence-corrected chi connectivity index (χ1v) is 24.3. The summed E-state index contributed by atoms with van der Waals surface area (Å²) in [4.78, 5) is 36.5. The first kappa shape index (κ1) is 50.7. The number of benzene rings is 4. The van der Waals surface area contributed by atoms with Crippen molar-refractivity contribution in [2.24, 2.45) is 10.9 Å². The average molecular weight is 1000 g/mol. The fourth-order valence-corrected chi connectivity index (χ4v) is 9.18. The van der Waals surface area contributed by atoms with Gasteiger partial charge >= 0.3 is 5.97 Å². The van der Waals surface area contributed by atoms with Crippen LogP contribution in [-0.4, -0.2) is 69.6 Å². The third-order valence-corrected chi connectivity index (χ3v) is 13.4. The van der Waals surface area contributed by atoms with Gasteiger partial charge in [0.05, 0.1) is 28.2 Å². The Labute approximate surface area is 422 Å². The molecule has 8 rings (SSSR count). The lowest BCUT2D eigenvalue weighted by Gasteiger charge is -2.21. The second kappa shape index (κ2) is 24.0. The molecule has 2 atom stereocenters. The SMILES string of the molecule is Cc1c(COc2cc(OCc3cncc(C4=NC4)c3)c(CNCCC(=O)CO)cc2Cl)cccc1-c1cccc(COc2cc(OCc3cncc(C=N)c3)c(CNC3CCC[C@@H]3C(=O)O)cc2Cl)c1C. The number of hydrogen-bond donors (Lipinski definition) is 5. The van der Waals surface area contributed by atoms with Crippen LogP contribution in [0.5, 0.6) is 23.0 Å². The summed E-state index contributed by atoms with van der Waals surface area (Å²) in [6.07, 6.45) is 10.5. The Morgan fingerprint density at radius 3 is 1.89 bits per heavy atom. The molecule has 1 unspecified atom stereocenters. The summed E-state index contributed by atoms with van der Waals surface area (Å²) in [6.45, 7) is 6.36. The van der Waals surface area contributed by atoms with Crippen molar-refractivity contribution in [3.8, 4) is 34.1 Å². The van der Waals surface area contributed by atoms with Crippen molar-refractivity contribution in [2.45, 2.75) is 85.1 Å². The Morgan fingerprint density at radius 1 is 0.732 bits per heavy atom. The minimum absolute atomic E-state index is 0.167. The highest BCUT2D eigenvalue weighted by molar-refractivity contribution is 6.32. The van der Waals surface area contributed by atoms with Gasteiger partial charge in [0.15, 0.2) is 5.78 Å². The van der Waals surface area contributed by atoms with Gasteiger partial charge in [-0.3, -0.25) is 24.5 Å². The predicted octanol–water partition coefficient (Wildman–Crippen LogP) is 9.57. The molecule has 2 aromatic heterocycles. The van der Waals surface area contributed by atoms with Crippen molar-refractivity contribution in [2.75, 3.05) is 19.7 Å². The number of carboxylic acids is 1. The second-order valence-electron chi connectivity index (χ2n) is 17.7. The minimum atomic E-state index is -0.799. The number of pyridine rings is 2. The fourth-order valence-electron chi connectivity index (χ4n) is 8.70. The van der Waals surface area contributed by atoms with Gasteiger partial charge in [-0.15, -0.1) is 0 Å². The molecular weight excluding hydrogens is 944 g/mol. The van der Waals surface area contributed by atoms with Crippen LogP contribution in [0.4, 0.5) is 0 Å². The summed E-state index contributed by atoms with van der Waals surface area (Å²) in [5.74, 6) is 0.484. The molecular formula is C55H56Cl2N6O8. The molecule has 5 N–H and O–H groups in total. The molecule has 14 nitrogen and oxygen atoms in total. The van der Waals surface area contributed by atoms with E-state index >= 15 is 0 Å². The number of aliphatic hydroxyl groups is 1. The summed E-state index contributed by atoms with van der Waals surface area (Å²) < 4.78 is 25.6. The normalized spacial score (nSPS) is 15.0. The van der Waals surface area contributed by atoms with E-state index in [2.05, 4.69) is 51.6 Å². The van der Waals surface area contributed by atoms with E-state index in [4.69, 9.17) is 52.7 Å². The topological polar surface area (TPSA) is 198 Å². The van der Waals surface area contributed by atoms with E-state index < -0.39 is 18.5 Å². The maximum atomic E-state index is 11.9. The van der Waals surface area contributed by atoms with E-state index in [1.54, 1.807) is 49.1 Å². The monoisotopic (exact) mass is 998 g/mol. The third kappa shape index (κ3) is 13.2. The van der Waals surface area contributed by atoms with Crippen molar-refractivity contribution in [1.29, 1.82) is 5.41 Å². The van der Waals surface area contributed by atoms with Gasteiger partial charge in [0.25, 0.3) is 0 Å². The van der Waals surface area contributed by atoms with Gasteiger partial charge in [-0.05, 0) is 84.3 Å². The number of nitrogens with zero attached hydrogens (tertiary/aromatic N) is 3. The second-order valence-corrected chi connectivity index (χ2v) is 18.5. The lowest BCUT2D eigenvalue weighted by Crippen LogP contribution is -2.35. The third-order valence-electron chi connectivity index (χ3n) is 12.9. The molecule has 0 amide bonds. The van der Waals surface area contributed by atoms with E-state index in [1.165, 1.54) is 6.21 Å². The van der Waals surface area contributed by atoms with E-state index in [0.29, 0.717) is 64.7 Å². The largest absolute Gasteiger partial charge is 0.488 e. The van der Waals surface area contributed by atoms with Crippen LogP contribution in [0.15, 0.2) is 103 Å². The molecule has 0 radical (unpaired) electrons. The van der Waals surface area contributed by atoms with Crippen molar-refractivity contribution >= 4 is 46.9 Å². The molecule has 3 heterocycles. The zero-order valence-electron chi connectivity index (χ0n) is 39.6. The predicted molar refractivity (Wildman–Crippen MR) is 273 cm³/mol. The maximum Gasteiger partial charge on any atom is 0.308 e. The standard InChI is InChI=1S/C55H56Cl2N6O8/c1-33-38(31-70-53-18-51(41(16-47(53)56)25-59-13-12-43(65)28-64)69-30-37-15-40(24-61-23-37)50-27-63-50)6-3-8-44(33)45-9-4-7-39(34(45)2)32-71-54-19-52(68-29-36-14-35(20-58)21-60-22-36)42(17-48(54)57)26-62-49-11-5-10-46(49)55(66)67/h3-4,6-9,14-24,46,49,58-59,62,64H,5,10-13,25-32H2,1-2H3,(H,66,67)/t46-,49?/m0/s1. The Morgan fingerprint density at radius 2 is 1.31 bits per heavy atom. The molecule has 2 aliphatic rings. The summed E-state index contributed by atoms with van der Waals surface area (Å²) >= 11 is 13.8. The van der Waals surface area contributed by atoms with Gasteiger partial charge < -0.3 is 45.2 Å². The molecule has 1 aliphatic carbocycles. The van der Waals surface area contributed by atoms with Gasteiger partial charge in [0, 0.05) is 109 Å². The van der Waals surface area contributed by atoms with Gasteiger partial charge in [-0.25, -0.2) is 0 Å². The van der Waals surface area contributed by atoms with E-state index in [0.717, 1.165) is 86.3 Å². The maximum absolute atomic E-state index is 11.9. The molecule has 0 saturated heterocycles. The number of Topliss-reactive ketones (excluding diaryl/α,β-unsaturated/α-hetero) is 1. The zero-order valence-corrected chi connectivity index (χ0v) is 41.1. The van der Waals surface area contributed by atoms with Crippen LogP contribution >= 0.6 is 23.2 Å². The Kier molecular flexibility index (Phi) is 17.1. The Hall–Kier alpha value is -6.68. The highest BCUT2D eigenvalue weighted by atomic mass is 35.5. The zero-order chi connectivity index (χ0) is 49.9. The number of carbonyl (C=O) groups excluding carboxylic acids is 1. The molecule has 71 heavy (non-hydrogen) atoms. The Balaban J connectivity index is 0.973. The number of aliphatic hydroxyl groups excluding tert-OH is 1. The van der Waals surface area contributed by atoms with Gasteiger partial charge in [-0.2, -0.15) is 0 Å². The highest BCUT2D eigenvalue weighted by Gasteiger charge is 2.32. The average Bonchev–Trinajstić information content (AvgIpc) is 4.13. The highest BCUT2D eigenvalue weighted by Crippen LogP contribution is 2.38. The van der Waals surface area contributed by atoms with Crippen LogP contribution in [0.2, 0.25) is 10.0 Å². The number of rotatable bonds is 25. The molecule has 1 aliphatic heterocycles. The summed E-state index contributed by atoms with van der Waals surface area (Å²) in [5.41, 5.74) is 11.9. The summed E-state index contributed by atoms with van der Waals surface area (Å²) in [5, 5.41) is 34.0. The number of carbonyl (C=O) groups is 2. The van der Waals surface area contributed by atoms with Crippen molar-refractivity contribution in [3.05, 3.63) is 163 Å². The number of aliphatic imine (C=N–C) groups is 1. The number of ether oxygens (including phenoxy) is 4. The lowest BCUT2D eigenvalue weighted by atomic mass is 9.92. The van der Waals surface area contributed by atoms with Crippen LogP contribution in [-0.2, 0) is 49.1 Å². The van der Waals surface area contributed by atoms with Crippen molar-refractivity contribution in [1.82, 2.24) is 20.6 Å². The molecule has 368 valence electrons. The number of nitrogens with one attached hydrogen (secondary N) is 3. The molecule has 0 spiro atoms. The van der Waals surface area contributed by atoms with Crippen molar-refractivity contribution < 1.29 is 38.7 Å². The smallest absolute Gasteiger partial charge is 0.308 e. The number of carboxylic acid groups (broad SMARTS) is 1. The number of ketones is 1. The molecule has 0 bridgehead atoms. The van der Waals surface area contributed by atoms with Crippen LogP contribution in [0.25, 0.3) is 11.1 Å². The van der Waals surface area contributed by atoms with Crippen molar-refractivity contribution in [3.63, 3.8) is 0 Å².